The summed E-state index contributed by atoms with van der Waals surface area (Å²) in [6, 6.07) is 8.97. The van der Waals surface area contributed by atoms with E-state index in [0.29, 0.717) is 0 Å². The van der Waals surface area contributed by atoms with Crippen molar-refractivity contribution in [2.75, 3.05) is 0 Å². The number of carbonyl (C=O) groups excluding carboxylic acids is 1. The van der Waals surface area contributed by atoms with Gasteiger partial charge in [-0.3, -0.25) is 9.59 Å². The molecule has 1 unspecified atom stereocenters. The van der Waals surface area contributed by atoms with Crippen LogP contribution in [0.15, 0.2) is 48.5 Å². The zero-order valence-corrected chi connectivity index (χ0v) is 15.4. The van der Waals surface area contributed by atoms with Crippen molar-refractivity contribution in [1.29, 1.82) is 0 Å². The summed E-state index contributed by atoms with van der Waals surface area (Å²) in [5.74, 6) is -4.00. The van der Waals surface area contributed by atoms with E-state index < -0.39 is 41.9 Å². The summed E-state index contributed by atoms with van der Waals surface area (Å²) >= 11 is 5.74. The zero-order chi connectivity index (χ0) is 21.1. The Kier molecular flexibility index (Phi) is 5.79. The minimum absolute atomic E-state index is 0.109. The number of carboxylic acid groups (broad SMARTS) is 1. The standard InChI is InChI=1S/C19H14ClF2N3O4/c20-13-6-2-5-12(18(13)22)14(9-17(27)28)23-19(29)15-8-16(26)25(24-15)11-4-1-3-10(21)7-11/h1-8,14,26H,9H2,(H,23,29)(H,27,28). The van der Waals surface area contributed by atoms with Gasteiger partial charge < -0.3 is 15.5 Å². The van der Waals surface area contributed by atoms with Crippen LogP contribution < -0.4 is 5.32 Å². The number of benzene rings is 2. The van der Waals surface area contributed by atoms with Gasteiger partial charge >= 0.3 is 5.97 Å². The fourth-order valence-electron chi connectivity index (χ4n) is 2.72. The van der Waals surface area contributed by atoms with Crippen molar-refractivity contribution in [2.24, 2.45) is 0 Å². The van der Waals surface area contributed by atoms with E-state index in [0.717, 1.165) is 16.8 Å². The molecule has 0 fully saturated rings. The van der Waals surface area contributed by atoms with Crippen LogP contribution in [0.1, 0.15) is 28.5 Å². The fourth-order valence-corrected chi connectivity index (χ4v) is 2.90. The first-order valence-corrected chi connectivity index (χ1v) is 8.65. The maximum Gasteiger partial charge on any atom is 0.305 e. The summed E-state index contributed by atoms with van der Waals surface area (Å²) in [6.07, 6.45) is -0.612. The fraction of sp³-hybridized carbons (Fsp3) is 0.105. The van der Waals surface area contributed by atoms with E-state index in [9.17, 15) is 23.5 Å². The van der Waals surface area contributed by atoms with Crippen molar-refractivity contribution in [3.8, 4) is 11.6 Å². The molecule has 29 heavy (non-hydrogen) atoms. The van der Waals surface area contributed by atoms with Crippen molar-refractivity contribution in [3.63, 3.8) is 0 Å². The van der Waals surface area contributed by atoms with Crippen LogP contribution in [0.25, 0.3) is 5.69 Å². The molecule has 0 saturated carbocycles. The topological polar surface area (TPSA) is 104 Å². The van der Waals surface area contributed by atoms with Crippen molar-refractivity contribution < 1.29 is 28.6 Å². The van der Waals surface area contributed by atoms with Crippen molar-refractivity contribution in [3.05, 3.63) is 76.4 Å². The molecule has 7 nitrogen and oxygen atoms in total. The molecule has 2 aromatic carbocycles. The number of hydrogen-bond acceptors (Lipinski definition) is 4. The van der Waals surface area contributed by atoms with Gasteiger partial charge in [-0.15, -0.1) is 0 Å². The summed E-state index contributed by atoms with van der Waals surface area (Å²) in [5, 5.41) is 25.2. The minimum Gasteiger partial charge on any atom is -0.493 e. The molecular formula is C19H14ClF2N3O4. The van der Waals surface area contributed by atoms with Gasteiger partial charge in [0.15, 0.2) is 5.69 Å². The van der Waals surface area contributed by atoms with Gasteiger partial charge in [-0.25, -0.2) is 13.5 Å². The number of amides is 1. The highest BCUT2D eigenvalue weighted by Crippen LogP contribution is 2.26. The molecule has 10 heteroatoms. The Morgan fingerprint density at radius 2 is 1.90 bits per heavy atom. The van der Waals surface area contributed by atoms with Crippen LogP contribution in [-0.4, -0.2) is 31.9 Å². The molecule has 0 bridgehead atoms. The molecule has 3 N–H and O–H groups in total. The van der Waals surface area contributed by atoms with Gasteiger partial charge in [0.25, 0.3) is 5.91 Å². The Morgan fingerprint density at radius 1 is 1.17 bits per heavy atom. The van der Waals surface area contributed by atoms with Crippen molar-refractivity contribution in [1.82, 2.24) is 15.1 Å². The summed E-state index contributed by atoms with van der Waals surface area (Å²) in [7, 11) is 0. The smallest absolute Gasteiger partial charge is 0.305 e. The molecule has 0 aliphatic carbocycles. The van der Waals surface area contributed by atoms with E-state index >= 15 is 0 Å². The summed E-state index contributed by atoms with van der Waals surface area (Å²) < 4.78 is 28.6. The van der Waals surface area contributed by atoms with E-state index in [-0.39, 0.29) is 22.0 Å². The van der Waals surface area contributed by atoms with Gasteiger partial charge in [0, 0.05) is 11.6 Å². The first kappa shape index (κ1) is 20.3. The Morgan fingerprint density at radius 3 is 2.59 bits per heavy atom. The van der Waals surface area contributed by atoms with Gasteiger partial charge in [0.05, 0.1) is 23.2 Å². The average molecular weight is 422 g/mol. The largest absolute Gasteiger partial charge is 0.493 e. The maximum absolute atomic E-state index is 14.3. The number of aliphatic carboxylic acids is 1. The molecule has 1 atom stereocenters. The molecule has 1 amide bonds. The number of halogens is 3. The lowest BCUT2D eigenvalue weighted by molar-refractivity contribution is -0.137. The number of carbonyl (C=O) groups is 2. The van der Waals surface area contributed by atoms with Crippen LogP contribution >= 0.6 is 11.6 Å². The lowest BCUT2D eigenvalue weighted by Crippen LogP contribution is -2.31. The molecule has 0 aliphatic heterocycles. The highest BCUT2D eigenvalue weighted by molar-refractivity contribution is 6.30. The van der Waals surface area contributed by atoms with Crippen molar-refractivity contribution >= 4 is 23.5 Å². The van der Waals surface area contributed by atoms with E-state index in [4.69, 9.17) is 16.7 Å². The molecule has 0 aliphatic rings. The minimum atomic E-state index is -1.28. The quantitative estimate of drug-likeness (QED) is 0.565. The SMILES string of the molecule is O=C(O)CC(NC(=O)c1cc(O)n(-c2cccc(F)c2)n1)c1cccc(Cl)c1F. The van der Waals surface area contributed by atoms with Crippen LogP contribution in [0, 0.1) is 11.6 Å². The third-order valence-electron chi connectivity index (χ3n) is 4.02. The number of nitrogens with one attached hydrogen (secondary N) is 1. The lowest BCUT2D eigenvalue weighted by atomic mass is 10.0. The first-order valence-electron chi connectivity index (χ1n) is 8.28. The van der Waals surface area contributed by atoms with Gasteiger partial charge in [0.1, 0.15) is 11.6 Å². The van der Waals surface area contributed by atoms with Gasteiger partial charge in [-0.2, -0.15) is 5.10 Å². The molecular weight excluding hydrogens is 408 g/mol. The van der Waals surface area contributed by atoms with Crippen LogP contribution in [0.2, 0.25) is 5.02 Å². The van der Waals surface area contributed by atoms with Gasteiger partial charge in [0.2, 0.25) is 5.88 Å². The highest BCUT2D eigenvalue weighted by Gasteiger charge is 2.25. The second-order valence-electron chi connectivity index (χ2n) is 6.05. The van der Waals surface area contributed by atoms with Crippen LogP contribution in [0.4, 0.5) is 8.78 Å². The zero-order valence-electron chi connectivity index (χ0n) is 14.6. The lowest BCUT2D eigenvalue weighted by Gasteiger charge is -2.18. The average Bonchev–Trinajstić information content (AvgIpc) is 3.05. The Hall–Kier alpha value is -3.46. The Labute approximate surface area is 168 Å². The predicted molar refractivity (Wildman–Crippen MR) is 99.1 cm³/mol. The second-order valence-corrected chi connectivity index (χ2v) is 6.45. The van der Waals surface area contributed by atoms with Gasteiger partial charge in [-0.1, -0.05) is 29.8 Å². The summed E-state index contributed by atoms with van der Waals surface area (Å²) in [5.41, 5.74) is -0.212. The number of hydrogen-bond donors (Lipinski definition) is 3. The molecule has 3 aromatic rings. The molecule has 0 saturated heterocycles. The van der Waals surface area contributed by atoms with E-state index in [1.165, 1.54) is 36.4 Å². The molecule has 0 radical (unpaired) electrons. The third kappa shape index (κ3) is 4.52. The number of aromatic nitrogens is 2. The molecule has 3 rings (SSSR count). The highest BCUT2D eigenvalue weighted by atomic mass is 35.5. The number of aromatic hydroxyl groups is 1. The first-order chi connectivity index (χ1) is 13.8. The van der Waals surface area contributed by atoms with E-state index in [2.05, 4.69) is 10.4 Å². The third-order valence-corrected chi connectivity index (χ3v) is 4.31. The Balaban J connectivity index is 1.90. The maximum atomic E-state index is 14.3. The van der Waals surface area contributed by atoms with E-state index in [1.54, 1.807) is 0 Å². The molecule has 0 spiro atoms. The summed E-state index contributed by atoms with van der Waals surface area (Å²) in [6.45, 7) is 0. The predicted octanol–water partition coefficient (Wildman–Crippen LogP) is 3.46. The Bertz CT molecular complexity index is 1090. The molecule has 150 valence electrons. The molecule has 1 heterocycles. The van der Waals surface area contributed by atoms with Gasteiger partial charge in [-0.05, 0) is 24.3 Å². The van der Waals surface area contributed by atoms with Crippen molar-refractivity contribution in [2.45, 2.75) is 12.5 Å². The van der Waals surface area contributed by atoms with Crippen LogP contribution in [-0.2, 0) is 4.79 Å². The number of rotatable bonds is 6. The number of nitrogens with zero attached hydrogens (tertiary/aromatic N) is 2. The van der Waals surface area contributed by atoms with Crippen LogP contribution in [0.3, 0.4) is 0 Å². The normalized spacial score (nSPS) is 11.8. The van der Waals surface area contributed by atoms with E-state index in [1.807, 2.05) is 0 Å². The monoisotopic (exact) mass is 421 g/mol. The second kappa shape index (κ2) is 8.27. The molecule has 1 aromatic heterocycles. The summed E-state index contributed by atoms with van der Waals surface area (Å²) in [4.78, 5) is 23.7. The number of carboxylic acids is 1. The van der Waals surface area contributed by atoms with Crippen LogP contribution in [0.5, 0.6) is 5.88 Å².